The first kappa shape index (κ1) is 14.1. The zero-order chi connectivity index (χ0) is 13.9. The molecular formula is C9H6F5NO3. The van der Waals surface area contributed by atoms with E-state index in [4.69, 9.17) is 0 Å². The molecule has 0 N–H and O–H groups in total. The van der Waals surface area contributed by atoms with Crippen molar-refractivity contribution < 1.29 is 36.2 Å². The molecule has 0 radical (unpaired) electrons. The number of carbonyl (C=O) groups excluding carboxylic acids is 1. The molecule has 0 atom stereocenters. The van der Waals surface area contributed by atoms with Crippen molar-refractivity contribution in [1.82, 2.24) is 4.98 Å². The third-order valence-electron chi connectivity index (χ3n) is 1.78. The minimum atomic E-state index is -5.21. The van der Waals surface area contributed by atoms with Crippen LogP contribution in [0.3, 0.4) is 0 Å². The van der Waals surface area contributed by atoms with Gasteiger partial charge in [-0.2, -0.15) is 0 Å². The van der Waals surface area contributed by atoms with Crippen molar-refractivity contribution in [3.05, 3.63) is 17.3 Å². The minimum absolute atomic E-state index is 0.0843. The predicted molar refractivity (Wildman–Crippen MR) is 47.8 cm³/mol. The molecule has 0 unspecified atom stereocenters. The molecule has 1 heterocycles. The van der Waals surface area contributed by atoms with Crippen molar-refractivity contribution in [1.29, 1.82) is 0 Å². The van der Waals surface area contributed by atoms with Gasteiger partial charge in [0.1, 0.15) is 17.0 Å². The van der Waals surface area contributed by atoms with Crippen LogP contribution in [0, 0.1) is 0 Å². The number of aromatic nitrogens is 1. The predicted octanol–water partition coefficient (Wildman–Crippen LogP) is 2.74. The van der Waals surface area contributed by atoms with Gasteiger partial charge in [0.15, 0.2) is 6.29 Å². The van der Waals surface area contributed by atoms with Gasteiger partial charge < -0.3 is 9.47 Å². The number of hydrogen-bond acceptors (Lipinski definition) is 4. The van der Waals surface area contributed by atoms with Crippen molar-refractivity contribution in [2.24, 2.45) is 0 Å². The zero-order valence-electron chi connectivity index (χ0n) is 8.79. The number of nitrogens with zero attached hydrogens (tertiary/aromatic N) is 1. The fourth-order valence-electron chi connectivity index (χ4n) is 1.14. The number of ether oxygens (including phenoxy) is 2. The van der Waals surface area contributed by atoms with Crippen molar-refractivity contribution in [3.8, 4) is 11.6 Å². The van der Waals surface area contributed by atoms with Crippen LogP contribution in [-0.2, 0) is 0 Å². The second kappa shape index (κ2) is 5.15. The van der Waals surface area contributed by atoms with Gasteiger partial charge in [0.05, 0.1) is 7.11 Å². The lowest BCUT2D eigenvalue weighted by Crippen LogP contribution is -2.20. The fourth-order valence-corrected chi connectivity index (χ4v) is 1.14. The van der Waals surface area contributed by atoms with E-state index in [0.29, 0.717) is 0 Å². The Morgan fingerprint density at radius 3 is 2.39 bits per heavy atom. The zero-order valence-corrected chi connectivity index (χ0v) is 8.79. The average molecular weight is 271 g/mol. The van der Waals surface area contributed by atoms with Gasteiger partial charge in [0, 0.05) is 6.07 Å². The molecule has 4 nitrogen and oxygen atoms in total. The Morgan fingerprint density at radius 1 is 1.39 bits per heavy atom. The standard InChI is InChI=1S/C9H6F5NO3/c1-17-5-2-4(3-16)15-8(6(5)7(10)11)18-9(12,13)14/h2-3,7H,1H3. The highest BCUT2D eigenvalue weighted by Crippen LogP contribution is 2.38. The topological polar surface area (TPSA) is 48.4 Å². The Labute approximate surface area is 97.3 Å². The third kappa shape index (κ3) is 3.28. The molecule has 1 rings (SSSR count). The highest BCUT2D eigenvalue weighted by Gasteiger charge is 2.35. The molecule has 0 amide bonds. The molecule has 9 heteroatoms. The summed E-state index contributed by atoms with van der Waals surface area (Å²) < 4.78 is 69.1. The van der Waals surface area contributed by atoms with Gasteiger partial charge in [0.25, 0.3) is 6.43 Å². The molecule has 1 aromatic heterocycles. The Balaban J connectivity index is 3.39. The van der Waals surface area contributed by atoms with Crippen molar-refractivity contribution in [2.45, 2.75) is 12.8 Å². The highest BCUT2D eigenvalue weighted by atomic mass is 19.4. The number of pyridine rings is 1. The Bertz CT molecular complexity index is 447. The fraction of sp³-hybridized carbons (Fsp3) is 0.333. The van der Waals surface area contributed by atoms with Crippen LogP contribution in [0.1, 0.15) is 22.5 Å². The number of alkyl halides is 5. The summed E-state index contributed by atoms with van der Waals surface area (Å²) in [6.07, 6.45) is -8.42. The van der Waals surface area contributed by atoms with E-state index in [1.807, 2.05) is 0 Å². The molecule has 0 bridgehead atoms. The first-order chi connectivity index (χ1) is 8.28. The second-order valence-electron chi connectivity index (χ2n) is 2.93. The molecule has 18 heavy (non-hydrogen) atoms. The molecule has 0 aliphatic rings. The summed E-state index contributed by atoms with van der Waals surface area (Å²) in [5.74, 6) is -2.01. The van der Waals surface area contributed by atoms with Crippen LogP contribution in [0.4, 0.5) is 22.0 Å². The lowest BCUT2D eigenvalue weighted by molar-refractivity contribution is -0.276. The van der Waals surface area contributed by atoms with E-state index in [0.717, 1.165) is 13.2 Å². The van der Waals surface area contributed by atoms with Gasteiger partial charge >= 0.3 is 6.36 Å². The molecular weight excluding hydrogens is 265 g/mol. The third-order valence-corrected chi connectivity index (χ3v) is 1.78. The average Bonchev–Trinajstić information content (AvgIpc) is 2.25. The van der Waals surface area contributed by atoms with Crippen molar-refractivity contribution >= 4 is 6.29 Å². The van der Waals surface area contributed by atoms with E-state index >= 15 is 0 Å². The number of halogens is 5. The lowest BCUT2D eigenvalue weighted by Gasteiger charge is -2.14. The lowest BCUT2D eigenvalue weighted by atomic mass is 10.2. The van der Waals surface area contributed by atoms with Gasteiger partial charge in [0.2, 0.25) is 5.88 Å². The van der Waals surface area contributed by atoms with Crippen LogP contribution >= 0.6 is 0 Å². The smallest absolute Gasteiger partial charge is 0.496 e. The van der Waals surface area contributed by atoms with Crippen LogP contribution < -0.4 is 9.47 Å². The molecule has 1 aromatic rings. The molecule has 0 aliphatic heterocycles. The van der Waals surface area contributed by atoms with E-state index < -0.39 is 35.7 Å². The summed E-state index contributed by atoms with van der Waals surface area (Å²) in [5, 5.41) is 0. The Kier molecular flexibility index (Phi) is 4.04. The maximum Gasteiger partial charge on any atom is 0.574 e. The minimum Gasteiger partial charge on any atom is -0.496 e. The van der Waals surface area contributed by atoms with Crippen molar-refractivity contribution in [2.75, 3.05) is 7.11 Å². The molecule has 0 saturated carbocycles. The Hall–Kier alpha value is -1.93. The quantitative estimate of drug-likeness (QED) is 0.624. The maximum absolute atomic E-state index is 12.6. The first-order valence-corrected chi connectivity index (χ1v) is 4.36. The number of hydrogen-bond donors (Lipinski definition) is 0. The summed E-state index contributed by atoms with van der Waals surface area (Å²) in [6, 6.07) is 0.789. The summed E-state index contributed by atoms with van der Waals surface area (Å²) in [7, 11) is 0.965. The van der Waals surface area contributed by atoms with Crippen LogP contribution in [0.5, 0.6) is 11.6 Å². The van der Waals surface area contributed by atoms with Gasteiger partial charge in [-0.05, 0) is 0 Å². The molecule has 100 valence electrons. The molecule has 0 saturated heterocycles. The van der Waals surface area contributed by atoms with E-state index in [1.54, 1.807) is 0 Å². The largest absolute Gasteiger partial charge is 0.574 e. The van der Waals surface area contributed by atoms with E-state index in [1.165, 1.54) is 0 Å². The normalized spacial score (nSPS) is 11.5. The SMILES string of the molecule is COc1cc(C=O)nc(OC(F)(F)F)c1C(F)F. The van der Waals surface area contributed by atoms with Gasteiger partial charge in [-0.3, -0.25) is 4.79 Å². The maximum atomic E-state index is 12.6. The highest BCUT2D eigenvalue weighted by molar-refractivity contribution is 5.73. The summed E-state index contributed by atoms with van der Waals surface area (Å²) in [5.41, 5.74) is -1.68. The van der Waals surface area contributed by atoms with Crippen LogP contribution in [-0.4, -0.2) is 24.7 Å². The van der Waals surface area contributed by atoms with Crippen molar-refractivity contribution in [3.63, 3.8) is 0 Å². The summed E-state index contributed by atoms with van der Waals surface area (Å²) in [6.45, 7) is 0. The molecule has 0 spiro atoms. The molecule has 0 aliphatic carbocycles. The van der Waals surface area contributed by atoms with E-state index in [2.05, 4.69) is 14.5 Å². The van der Waals surface area contributed by atoms with Gasteiger partial charge in [-0.25, -0.2) is 13.8 Å². The van der Waals surface area contributed by atoms with Crippen LogP contribution in [0.2, 0.25) is 0 Å². The van der Waals surface area contributed by atoms with Crippen LogP contribution in [0.25, 0.3) is 0 Å². The van der Waals surface area contributed by atoms with Gasteiger partial charge in [-0.1, -0.05) is 0 Å². The Morgan fingerprint density at radius 2 is 2.00 bits per heavy atom. The number of aldehydes is 1. The second-order valence-corrected chi connectivity index (χ2v) is 2.93. The summed E-state index contributed by atoms with van der Waals surface area (Å²) >= 11 is 0. The molecule has 0 aromatic carbocycles. The van der Waals surface area contributed by atoms with E-state index in [9.17, 15) is 26.7 Å². The monoisotopic (exact) mass is 271 g/mol. The number of rotatable bonds is 4. The first-order valence-electron chi connectivity index (χ1n) is 4.36. The number of methoxy groups -OCH3 is 1. The van der Waals surface area contributed by atoms with Crippen LogP contribution in [0.15, 0.2) is 6.07 Å². The summed E-state index contributed by atoms with van der Waals surface area (Å²) in [4.78, 5) is 13.5. The van der Waals surface area contributed by atoms with E-state index in [-0.39, 0.29) is 6.29 Å². The van der Waals surface area contributed by atoms with Gasteiger partial charge in [-0.15, -0.1) is 13.2 Å². The number of carbonyl (C=O) groups is 1. The molecule has 0 fully saturated rings.